The molecule has 0 saturated heterocycles. The minimum atomic E-state index is 0.00131. The minimum Gasteiger partial charge on any atom is -0.333 e. The highest BCUT2D eigenvalue weighted by Crippen LogP contribution is 2.13. The van der Waals surface area contributed by atoms with Crippen molar-refractivity contribution in [3.63, 3.8) is 0 Å². The van der Waals surface area contributed by atoms with Gasteiger partial charge >= 0.3 is 0 Å². The number of hydrogen-bond donors (Lipinski definition) is 2. The van der Waals surface area contributed by atoms with Crippen molar-refractivity contribution in [2.45, 2.75) is 19.9 Å². The normalized spacial score (nSPS) is 12.0. The van der Waals surface area contributed by atoms with Gasteiger partial charge in [0.15, 0.2) is 6.54 Å². The molecule has 0 unspecified atom stereocenters. The number of anilines is 1. The third-order valence-corrected chi connectivity index (χ3v) is 3.61. The summed E-state index contributed by atoms with van der Waals surface area (Å²) in [5, 5.41) is 5.64. The maximum atomic E-state index is 12.0. The number of hydrogen-bond acceptors (Lipinski definition) is 1. The van der Waals surface area contributed by atoms with E-state index in [-0.39, 0.29) is 11.9 Å². The molecule has 3 nitrogen and oxygen atoms in total. The van der Waals surface area contributed by atoms with Crippen molar-refractivity contribution in [1.82, 2.24) is 0 Å². The second-order valence-electron chi connectivity index (χ2n) is 5.20. The van der Waals surface area contributed by atoms with E-state index >= 15 is 0 Å². The van der Waals surface area contributed by atoms with Crippen molar-refractivity contribution in [2.75, 3.05) is 11.9 Å². The maximum absolute atomic E-state index is 12.0. The summed E-state index contributed by atoms with van der Waals surface area (Å²) in [5.74, 6) is 0.00131. The van der Waals surface area contributed by atoms with Crippen LogP contribution in [-0.2, 0) is 4.79 Å². The fourth-order valence-electron chi connectivity index (χ4n) is 2.12. The summed E-state index contributed by atoms with van der Waals surface area (Å²) in [5.41, 5.74) is 3.13. The number of nitrogens with two attached hydrogens (primary N) is 1. The largest absolute Gasteiger partial charge is 0.333 e. The van der Waals surface area contributed by atoms with Crippen LogP contribution in [0.25, 0.3) is 0 Å². The molecule has 4 heteroatoms. The Kier molecular flexibility index (Phi) is 5.37. The van der Waals surface area contributed by atoms with Gasteiger partial charge in [0, 0.05) is 16.3 Å². The fraction of sp³-hybridized carbons (Fsp3) is 0.235. The van der Waals surface area contributed by atoms with E-state index in [1.165, 1.54) is 0 Å². The molecule has 0 aliphatic heterocycles. The molecule has 0 bridgehead atoms. The molecule has 0 aliphatic rings. The molecule has 3 N–H and O–H groups in total. The highest BCUT2D eigenvalue weighted by molar-refractivity contribution is 6.30. The first-order chi connectivity index (χ1) is 10.0. The molecule has 0 fully saturated rings. The predicted octanol–water partition coefficient (Wildman–Crippen LogP) is 2.91. The van der Waals surface area contributed by atoms with E-state index in [4.69, 9.17) is 11.6 Å². The van der Waals surface area contributed by atoms with E-state index in [1.807, 2.05) is 60.8 Å². The summed E-state index contributed by atoms with van der Waals surface area (Å²) in [6.07, 6.45) is 0. The van der Waals surface area contributed by atoms with Gasteiger partial charge in [0.25, 0.3) is 5.91 Å². The van der Waals surface area contributed by atoms with Gasteiger partial charge < -0.3 is 10.6 Å². The van der Waals surface area contributed by atoms with Gasteiger partial charge in [0.1, 0.15) is 6.04 Å². The Morgan fingerprint density at radius 3 is 2.62 bits per heavy atom. The van der Waals surface area contributed by atoms with Crippen molar-refractivity contribution < 1.29 is 10.1 Å². The Labute approximate surface area is 130 Å². The Morgan fingerprint density at radius 1 is 1.24 bits per heavy atom. The lowest BCUT2D eigenvalue weighted by molar-refractivity contribution is -0.682. The molecule has 0 saturated carbocycles. The topological polar surface area (TPSA) is 45.7 Å². The van der Waals surface area contributed by atoms with Crippen molar-refractivity contribution in [1.29, 1.82) is 0 Å². The van der Waals surface area contributed by atoms with Crippen LogP contribution in [0.4, 0.5) is 5.69 Å². The highest BCUT2D eigenvalue weighted by atomic mass is 35.5. The van der Waals surface area contributed by atoms with Gasteiger partial charge in [-0.25, -0.2) is 0 Å². The molecule has 110 valence electrons. The summed E-state index contributed by atoms with van der Waals surface area (Å²) in [4.78, 5) is 12.0. The average molecular weight is 304 g/mol. The molecule has 0 spiro atoms. The van der Waals surface area contributed by atoms with E-state index in [0.717, 1.165) is 21.8 Å². The Morgan fingerprint density at radius 2 is 1.95 bits per heavy atom. The Balaban J connectivity index is 1.84. The molecule has 0 radical (unpaired) electrons. The van der Waals surface area contributed by atoms with Crippen LogP contribution in [0.1, 0.15) is 24.1 Å². The highest BCUT2D eigenvalue weighted by Gasteiger charge is 2.11. The molecule has 21 heavy (non-hydrogen) atoms. The van der Waals surface area contributed by atoms with Crippen LogP contribution < -0.4 is 10.6 Å². The van der Waals surface area contributed by atoms with E-state index in [9.17, 15) is 4.79 Å². The lowest BCUT2D eigenvalue weighted by Crippen LogP contribution is -2.86. The molecule has 1 amide bonds. The summed E-state index contributed by atoms with van der Waals surface area (Å²) >= 11 is 5.87. The molecule has 2 aromatic carbocycles. The first kappa shape index (κ1) is 15.5. The van der Waals surface area contributed by atoms with Crippen LogP contribution in [0, 0.1) is 6.92 Å². The smallest absolute Gasteiger partial charge is 0.279 e. The van der Waals surface area contributed by atoms with Crippen molar-refractivity contribution >= 4 is 23.2 Å². The van der Waals surface area contributed by atoms with Crippen LogP contribution in [0.3, 0.4) is 0 Å². The standard InChI is InChI=1S/C17H19ClN2O/c1-12-4-3-5-16(10-12)20-17(21)11-19-13(2)14-6-8-15(18)9-7-14/h3-10,13,19H,11H2,1-2H3,(H,20,21)/p+1/t13-/m1/s1. The number of aryl methyl sites for hydroxylation is 1. The zero-order valence-electron chi connectivity index (χ0n) is 12.3. The van der Waals surface area contributed by atoms with E-state index < -0.39 is 0 Å². The summed E-state index contributed by atoms with van der Waals surface area (Å²) in [6.45, 7) is 4.46. The maximum Gasteiger partial charge on any atom is 0.279 e. The summed E-state index contributed by atoms with van der Waals surface area (Å²) in [7, 11) is 0. The van der Waals surface area contributed by atoms with Gasteiger partial charge in [0.05, 0.1) is 0 Å². The van der Waals surface area contributed by atoms with E-state index in [0.29, 0.717) is 6.54 Å². The van der Waals surface area contributed by atoms with Crippen LogP contribution in [0.5, 0.6) is 0 Å². The zero-order valence-corrected chi connectivity index (χ0v) is 13.0. The van der Waals surface area contributed by atoms with Crippen molar-refractivity contribution in [3.8, 4) is 0 Å². The number of benzene rings is 2. The first-order valence-electron chi connectivity index (χ1n) is 7.00. The summed E-state index contributed by atoms with van der Waals surface area (Å²) in [6, 6.07) is 15.7. The van der Waals surface area contributed by atoms with Crippen LogP contribution in [0.15, 0.2) is 48.5 Å². The zero-order chi connectivity index (χ0) is 15.2. The SMILES string of the molecule is Cc1cccc(NC(=O)C[NH2+][C@H](C)c2ccc(Cl)cc2)c1. The average Bonchev–Trinajstić information content (AvgIpc) is 2.45. The number of rotatable bonds is 5. The fourth-order valence-corrected chi connectivity index (χ4v) is 2.25. The third-order valence-electron chi connectivity index (χ3n) is 3.35. The van der Waals surface area contributed by atoms with Gasteiger partial charge in [-0.15, -0.1) is 0 Å². The summed E-state index contributed by atoms with van der Waals surface area (Å²) < 4.78 is 0. The number of carbonyl (C=O) groups excluding carboxylic acids is 1. The molecule has 0 aromatic heterocycles. The van der Waals surface area contributed by atoms with E-state index in [2.05, 4.69) is 12.2 Å². The molecule has 2 rings (SSSR count). The van der Waals surface area contributed by atoms with Gasteiger partial charge in [-0.05, 0) is 43.7 Å². The Bertz CT molecular complexity index is 610. The number of quaternary nitrogens is 1. The second kappa shape index (κ2) is 7.25. The van der Waals surface area contributed by atoms with Crippen LogP contribution >= 0.6 is 11.6 Å². The molecular formula is C17H20ClN2O+. The van der Waals surface area contributed by atoms with Gasteiger partial charge in [0.2, 0.25) is 0 Å². The molecule has 0 heterocycles. The molecular weight excluding hydrogens is 284 g/mol. The molecule has 0 aliphatic carbocycles. The number of carbonyl (C=O) groups is 1. The Hall–Kier alpha value is -1.84. The minimum absolute atomic E-state index is 0.00131. The quantitative estimate of drug-likeness (QED) is 0.876. The van der Waals surface area contributed by atoms with Gasteiger partial charge in [-0.3, -0.25) is 4.79 Å². The molecule has 1 atom stereocenters. The third kappa shape index (κ3) is 4.88. The number of amides is 1. The number of halogens is 1. The lowest BCUT2D eigenvalue weighted by Gasteiger charge is -2.11. The predicted molar refractivity (Wildman–Crippen MR) is 86.5 cm³/mol. The van der Waals surface area contributed by atoms with Crippen LogP contribution in [0.2, 0.25) is 5.02 Å². The van der Waals surface area contributed by atoms with Crippen molar-refractivity contribution in [3.05, 3.63) is 64.7 Å². The van der Waals surface area contributed by atoms with E-state index in [1.54, 1.807) is 0 Å². The second-order valence-corrected chi connectivity index (χ2v) is 5.63. The molecule has 2 aromatic rings. The van der Waals surface area contributed by atoms with Gasteiger partial charge in [-0.2, -0.15) is 0 Å². The number of nitrogens with one attached hydrogen (secondary N) is 1. The first-order valence-corrected chi connectivity index (χ1v) is 7.37. The van der Waals surface area contributed by atoms with Crippen molar-refractivity contribution in [2.24, 2.45) is 0 Å². The lowest BCUT2D eigenvalue weighted by atomic mass is 10.1. The van der Waals surface area contributed by atoms with Crippen LogP contribution in [-0.4, -0.2) is 12.5 Å². The monoisotopic (exact) mass is 303 g/mol. The van der Waals surface area contributed by atoms with Gasteiger partial charge in [-0.1, -0.05) is 35.9 Å².